The van der Waals surface area contributed by atoms with Crippen LogP contribution in [0.4, 0.5) is 5.69 Å². The number of rotatable bonds is 1. The van der Waals surface area contributed by atoms with Crippen LogP contribution in [-0.4, -0.2) is 15.9 Å². The summed E-state index contributed by atoms with van der Waals surface area (Å²) in [6.45, 7) is 0. The minimum atomic E-state index is -0.178. The molecule has 0 atom stereocenters. The van der Waals surface area contributed by atoms with E-state index in [4.69, 9.17) is 0 Å². The Morgan fingerprint density at radius 1 is 1.39 bits per heavy atom. The lowest BCUT2D eigenvalue weighted by molar-refractivity contribution is 0.428. The molecular weight excluding hydrogens is 248 g/mol. The van der Waals surface area contributed by atoms with Gasteiger partial charge in [-0.05, 0) is 12.1 Å². The second-order valence-electron chi connectivity index (χ2n) is 3.99. The van der Waals surface area contributed by atoms with E-state index in [1.165, 1.54) is 4.57 Å². The van der Waals surface area contributed by atoms with E-state index in [2.05, 4.69) is 4.99 Å². The van der Waals surface area contributed by atoms with E-state index < -0.39 is 0 Å². The van der Waals surface area contributed by atoms with Crippen LogP contribution in [0, 0.1) is 0 Å². The van der Waals surface area contributed by atoms with Gasteiger partial charge in [0, 0.05) is 24.4 Å². The van der Waals surface area contributed by atoms with Gasteiger partial charge in [-0.1, -0.05) is 29.5 Å². The van der Waals surface area contributed by atoms with Crippen LogP contribution < -0.4 is 4.87 Å². The van der Waals surface area contributed by atoms with Crippen molar-refractivity contribution in [3.05, 3.63) is 44.4 Å². The number of allylic oxidation sites excluding steroid dienone is 1. The average Bonchev–Trinajstić information content (AvgIpc) is 2.89. The van der Waals surface area contributed by atoms with E-state index in [-0.39, 0.29) is 10.8 Å². The zero-order valence-corrected chi connectivity index (χ0v) is 10.4. The van der Waals surface area contributed by atoms with Crippen LogP contribution in [0.15, 0.2) is 34.1 Å². The van der Waals surface area contributed by atoms with Crippen molar-refractivity contribution in [3.8, 4) is 5.88 Å². The van der Waals surface area contributed by atoms with Gasteiger partial charge >= 0.3 is 4.87 Å². The standard InChI is InChI=1S/C13H10N2O2S/c1-15-12(16)11(18-13(15)17)6-8-7-14-10-5-3-2-4-9(8)10/h2-7,16H,1H3. The third kappa shape index (κ3) is 1.60. The largest absolute Gasteiger partial charge is 0.493 e. The summed E-state index contributed by atoms with van der Waals surface area (Å²) in [6, 6.07) is 7.77. The SMILES string of the molecule is Cn1c(O)c(C=C2C=Nc3ccccc32)sc1=O. The van der Waals surface area contributed by atoms with Crippen molar-refractivity contribution >= 4 is 34.9 Å². The lowest BCUT2D eigenvalue weighted by Gasteiger charge is -1.98. The van der Waals surface area contributed by atoms with Crippen molar-refractivity contribution in [1.29, 1.82) is 0 Å². The highest BCUT2D eigenvalue weighted by Gasteiger charge is 2.14. The van der Waals surface area contributed by atoms with Crippen molar-refractivity contribution < 1.29 is 5.11 Å². The molecule has 0 unspecified atom stereocenters. The van der Waals surface area contributed by atoms with E-state index in [0.29, 0.717) is 4.88 Å². The van der Waals surface area contributed by atoms with Gasteiger partial charge in [-0.2, -0.15) is 0 Å². The summed E-state index contributed by atoms with van der Waals surface area (Å²) in [5.74, 6) is -0.00437. The summed E-state index contributed by atoms with van der Waals surface area (Å²) < 4.78 is 1.23. The molecule has 90 valence electrons. The topological polar surface area (TPSA) is 54.6 Å². The Hall–Kier alpha value is -2.14. The fraction of sp³-hybridized carbons (Fsp3) is 0.0769. The fourth-order valence-electron chi connectivity index (χ4n) is 1.85. The molecule has 18 heavy (non-hydrogen) atoms. The van der Waals surface area contributed by atoms with E-state index in [0.717, 1.165) is 28.2 Å². The molecule has 1 aliphatic rings. The van der Waals surface area contributed by atoms with Gasteiger partial charge in [-0.3, -0.25) is 14.4 Å². The molecule has 1 N–H and O–H groups in total. The number of thiazole rings is 1. The Balaban J connectivity index is 2.12. The van der Waals surface area contributed by atoms with Crippen LogP contribution in [0.5, 0.6) is 5.88 Å². The van der Waals surface area contributed by atoms with E-state index in [1.54, 1.807) is 19.3 Å². The Labute approximate surface area is 107 Å². The minimum Gasteiger partial charge on any atom is -0.493 e. The van der Waals surface area contributed by atoms with Crippen LogP contribution in [-0.2, 0) is 7.05 Å². The predicted octanol–water partition coefficient (Wildman–Crippen LogP) is 2.41. The molecule has 1 aliphatic heterocycles. The van der Waals surface area contributed by atoms with Crippen molar-refractivity contribution in [2.75, 3.05) is 0 Å². The highest BCUT2D eigenvalue weighted by Crippen LogP contribution is 2.33. The third-order valence-electron chi connectivity index (χ3n) is 2.85. The molecule has 0 amide bonds. The molecule has 5 heteroatoms. The van der Waals surface area contributed by atoms with E-state index in [9.17, 15) is 9.90 Å². The monoisotopic (exact) mass is 258 g/mol. The first kappa shape index (κ1) is 11.0. The summed E-state index contributed by atoms with van der Waals surface area (Å²) in [5, 5.41) is 9.81. The zero-order valence-electron chi connectivity index (χ0n) is 9.62. The lowest BCUT2D eigenvalue weighted by atomic mass is 10.1. The lowest BCUT2D eigenvalue weighted by Crippen LogP contribution is -2.05. The highest BCUT2D eigenvalue weighted by molar-refractivity contribution is 7.10. The molecule has 2 aromatic rings. The number of aliphatic imine (C=N–C) groups is 1. The first-order valence-corrected chi connectivity index (χ1v) is 6.22. The molecule has 1 aromatic carbocycles. The molecule has 0 fully saturated rings. The average molecular weight is 258 g/mol. The number of benzene rings is 1. The molecule has 3 rings (SSSR count). The summed E-state index contributed by atoms with van der Waals surface area (Å²) in [5.41, 5.74) is 2.83. The van der Waals surface area contributed by atoms with Crippen LogP contribution in [0.2, 0.25) is 0 Å². The quantitative estimate of drug-likeness (QED) is 0.854. The number of para-hydroxylation sites is 1. The van der Waals surface area contributed by atoms with Crippen LogP contribution in [0.1, 0.15) is 10.4 Å². The van der Waals surface area contributed by atoms with Crippen LogP contribution >= 0.6 is 11.3 Å². The van der Waals surface area contributed by atoms with Crippen LogP contribution in [0.3, 0.4) is 0 Å². The zero-order chi connectivity index (χ0) is 12.7. The van der Waals surface area contributed by atoms with Crippen molar-refractivity contribution in [2.45, 2.75) is 0 Å². The molecule has 0 spiro atoms. The normalized spacial score (nSPS) is 15.3. The van der Waals surface area contributed by atoms with Gasteiger partial charge in [0.1, 0.15) is 0 Å². The number of aromatic nitrogens is 1. The van der Waals surface area contributed by atoms with Crippen molar-refractivity contribution in [1.82, 2.24) is 4.57 Å². The number of hydrogen-bond donors (Lipinski definition) is 1. The number of nitrogens with zero attached hydrogens (tertiary/aromatic N) is 2. The molecule has 2 heterocycles. The smallest absolute Gasteiger partial charge is 0.310 e. The number of fused-ring (bicyclic) bond motifs is 1. The molecular formula is C13H10N2O2S. The molecule has 0 saturated heterocycles. The Kier molecular flexibility index (Phi) is 2.41. The molecule has 0 bridgehead atoms. The van der Waals surface area contributed by atoms with Gasteiger partial charge in [-0.25, -0.2) is 0 Å². The summed E-state index contributed by atoms with van der Waals surface area (Å²) in [6.07, 6.45) is 3.53. The molecule has 0 saturated carbocycles. The maximum absolute atomic E-state index is 11.4. The van der Waals surface area contributed by atoms with Gasteiger partial charge in [0.25, 0.3) is 0 Å². The van der Waals surface area contributed by atoms with Crippen molar-refractivity contribution in [3.63, 3.8) is 0 Å². The molecule has 1 aromatic heterocycles. The number of aromatic hydroxyl groups is 1. The Bertz CT molecular complexity index is 738. The van der Waals surface area contributed by atoms with E-state index >= 15 is 0 Å². The van der Waals surface area contributed by atoms with Gasteiger partial charge in [0.2, 0.25) is 5.88 Å². The first-order valence-electron chi connectivity index (χ1n) is 5.41. The third-order valence-corrected chi connectivity index (χ3v) is 3.82. The minimum absolute atomic E-state index is 0.00437. The van der Waals surface area contributed by atoms with Gasteiger partial charge in [0.05, 0.1) is 10.6 Å². The molecule has 4 nitrogen and oxygen atoms in total. The molecule has 0 radical (unpaired) electrons. The predicted molar refractivity (Wildman–Crippen MR) is 73.7 cm³/mol. The maximum Gasteiger partial charge on any atom is 0.310 e. The van der Waals surface area contributed by atoms with Gasteiger partial charge < -0.3 is 5.11 Å². The molecule has 0 aliphatic carbocycles. The summed E-state index contributed by atoms with van der Waals surface area (Å²) in [4.78, 5) is 16.1. The second-order valence-corrected chi connectivity index (χ2v) is 4.98. The Morgan fingerprint density at radius 3 is 2.89 bits per heavy atom. The second kappa shape index (κ2) is 3.96. The summed E-state index contributed by atoms with van der Waals surface area (Å²) in [7, 11) is 1.55. The fourth-order valence-corrected chi connectivity index (χ4v) is 2.67. The van der Waals surface area contributed by atoms with Gasteiger partial charge in [-0.15, -0.1) is 0 Å². The van der Waals surface area contributed by atoms with Crippen molar-refractivity contribution in [2.24, 2.45) is 12.0 Å². The van der Waals surface area contributed by atoms with Gasteiger partial charge in [0.15, 0.2) is 0 Å². The van der Waals surface area contributed by atoms with E-state index in [1.807, 2.05) is 24.3 Å². The Morgan fingerprint density at radius 2 is 2.17 bits per heavy atom. The highest BCUT2D eigenvalue weighted by atomic mass is 32.1. The maximum atomic E-state index is 11.4. The summed E-state index contributed by atoms with van der Waals surface area (Å²) >= 11 is 1.02. The number of hydrogen-bond acceptors (Lipinski definition) is 4. The van der Waals surface area contributed by atoms with Crippen LogP contribution in [0.25, 0.3) is 11.6 Å². The first-order chi connectivity index (χ1) is 8.66.